The normalized spacial score (nSPS) is 11.5. The molecule has 0 aliphatic heterocycles. The third-order valence-electron chi connectivity index (χ3n) is 3.00. The third kappa shape index (κ3) is 4.77. The van der Waals surface area contributed by atoms with Gasteiger partial charge in [-0.05, 0) is 48.0 Å². The van der Waals surface area contributed by atoms with Crippen molar-refractivity contribution in [2.24, 2.45) is 0 Å². The summed E-state index contributed by atoms with van der Waals surface area (Å²) in [6.07, 6.45) is -2.00. The predicted molar refractivity (Wildman–Crippen MR) is 81.1 cm³/mol. The first-order chi connectivity index (χ1) is 11.3. The number of benzene rings is 2. The van der Waals surface area contributed by atoms with E-state index in [1.807, 2.05) is 0 Å². The van der Waals surface area contributed by atoms with E-state index >= 15 is 0 Å². The van der Waals surface area contributed by atoms with Crippen LogP contribution in [0.1, 0.15) is 15.9 Å². The maximum absolute atomic E-state index is 12.1. The summed E-state index contributed by atoms with van der Waals surface area (Å²) in [6.45, 7) is 0. The van der Waals surface area contributed by atoms with Crippen molar-refractivity contribution in [3.8, 4) is 17.2 Å². The highest BCUT2D eigenvalue weighted by molar-refractivity contribution is 6.06. The average molecular weight is 338 g/mol. The molecule has 0 aliphatic rings. The van der Waals surface area contributed by atoms with Crippen LogP contribution in [0.25, 0.3) is 6.08 Å². The van der Waals surface area contributed by atoms with Crippen molar-refractivity contribution in [2.45, 2.75) is 6.36 Å². The van der Waals surface area contributed by atoms with Gasteiger partial charge in [-0.15, -0.1) is 13.2 Å². The lowest BCUT2D eigenvalue weighted by Gasteiger charge is -2.08. The minimum atomic E-state index is -4.77. The minimum absolute atomic E-state index is 0.0266. The fraction of sp³-hybridized carbons (Fsp3) is 0.118. The Labute approximate surface area is 135 Å². The number of carbonyl (C=O) groups is 1. The second kappa shape index (κ2) is 7.08. The Bertz CT molecular complexity index is 749. The molecule has 126 valence electrons. The summed E-state index contributed by atoms with van der Waals surface area (Å²) >= 11 is 0. The molecule has 0 spiro atoms. The van der Waals surface area contributed by atoms with Crippen LogP contribution in [0, 0.1) is 0 Å². The number of halogens is 3. The van der Waals surface area contributed by atoms with Gasteiger partial charge in [0.2, 0.25) is 0 Å². The molecule has 0 fully saturated rings. The molecule has 0 saturated carbocycles. The second-order valence-electron chi connectivity index (χ2n) is 4.70. The Kier molecular flexibility index (Phi) is 5.13. The summed E-state index contributed by atoms with van der Waals surface area (Å²) in [4.78, 5) is 12.0. The van der Waals surface area contributed by atoms with Gasteiger partial charge in [0.1, 0.15) is 5.75 Å². The third-order valence-corrected chi connectivity index (χ3v) is 3.00. The molecule has 0 amide bonds. The number of methoxy groups -OCH3 is 1. The van der Waals surface area contributed by atoms with E-state index in [9.17, 15) is 23.1 Å². The van der Waals surface area contributed by atoms with Crippen molar-refractivity contribution in [2.75, 3.05) is 7.11 Å². The van der Waals surface area contributed by atoms with Gasteiger partial charge in [-0.3, -0.25) is 4.79 Å². The number of phenolic OH excluding ortho intramolecular Hbond substituents is 1. The van der Waals surface area contributed by atoms with Crippen LogP contribution in [0.4, 0.5) is 13.2 Å². The lowest BCUT2D eigenvalue weighted by atomic mass is 10.1. The van der Waals surface area contributed by atoms with Crippen molar-refractivity contribution >= 4 is 11.9 Å². The fourth-order valence-corrected chi connectivity index (χ4v) is 1.89. The first-order valence-electron chi connectivity index (χ1n) is 6.74. The van der Waals surface area contributed by atoms with Crippen molar-refractivity contribution in [3.05, 3.63) is 59.7 Å². The molecular formula is C17H13F3O4. The van der Waals surface area contributed by atoms with Crippen LogP contribution >= 0.6 is 0 Å². The van der Waals surface area contributed by atoms with E-state index in [0.717, 1.165) is 12.1 Å². The number of phenols is 1. The van der Waals surface area contributed by atoms with Gasteiger partial charge in [0.25, 0.3) is 0 Å². The van der Waals surface area contributed by atoms with E-state index in [-0.39, 0.29) is 22.8 Å². The molecule has 1 N–H and O–H groups in total. The Hall–Kier alpha value is -2.96. The molecule has 0 saturated heterocycles. The zero-order valence-electron chi connectivity index (χ0n) is 12.5. The molecular weight excluding hydrogens is 325 g/mol. The summed E-state index contributed by atoms with van der Waals surface area (Å²) in [5.41, 5.74) is 0.835. The molecule has 2 aromatic rings. The predicted octanol–water partition coefficient (Wildman–Crippen LogP) is 4.20. The molecule has 2 aromatic carbocycles. The van der Waals surface area contributed by atoms with E-state index < -0.39 is 12.1 Å². The molecule has 0 aliphatic carbocycles. The van der Waals surface area contributed by atoms with Gasteiger partial charge in [-0.1, -0.05) is 12.1 Å². The van der Waals surface area contributed by atoms with Crippen LogP contribution in [0.15, 0.2) is 48.5 Å². The van der Waals surface area contributed by atoms with E-state index in [2.05, 4.69) is 4.74 Å². The summed E-state index contributed by atoms with van der Waals surface area (Å²) < 4.78 is 44.9. The van der Waals surface area contributed by atoms with Gasteiger partial charge in [0.05, 0.1) is 7.11 Å². The number of allylic oxidation sites excluding steroid dienone is 1. The summed E-state index contributed by atoms with van der Waals surface area (Å²) in [7, 11) is 1.40. The number of aromatic hydroxyl groups is 1. The number of rotatable bonds is 5. The Morgan fingerprint density at radius 2 is 1.79 bits per heavy atom. The highest BCUT2D eigenvalue weighted by Gasteiger charge is 2.30. The van der Waals surface area contributed by atoms with E-state index in [1.165, 1.54) is 37.5 Å². The molecule has 0 bridgehead atoms. The monoisotopic (exact) mass is 338 g/mol. The van der Waals surface area contributed by atoms with Gasteiger partial charge in [0.15, 0.2) is 17.3 Å². The maximum atomic E-state index is 12.1. The van der Waals surface area contributed by atoms with E-state index in [4.69, 9.17) is 4.74 Å². The molecule has 0 unspecified atom stereocenters. The number of ether oxygens (including phenoxy) is 2. The van der Waals surface area contributed by atoms with Crippen molar-refractivity contribution in [3.63, 3.8) is 0 Å². The van der Waals surface area contributed by atoms with E-state index in [1.54, 1.807) is 12.1 Å². The van der Waals surface area contributed by atoms with Crippen molar-refractivity contribution in [1.82, 2.24) is 0 Å². The fourth-order valence-electron chi connectivity index (χ4n) is 1.89. The zero-order valence-corrected chi connectivity index (χ0v) is 12.5. The number of hydrogen-bond acceptors (Lipinski definition) is 4. The molecule has 24 heavy (non-hydrogen) atoms. The van der Waals surface area contributed by atoms with Crippen molar-refractivity contribution < 1.29 is 32.5 Å². The molecule has 0 atom stereocenters. The quantitative estimate of drug-likeness (QED) is 0.656. The lowest BCUT2D eigenvalue weighted by Crippen LogP contribution is -2.17. The summed E-state index contributed by atoms with van der Waals surface area (Å²) in [5.74, 6) is -0.550. The Morgan fingerprint density at radius 1 is 1.12 bits per heavy atom. The number of alkyl halides is 3. The van der Waals surface area contributed by atoms with Crippen LogP contribution in [0.5, 0.6) is 17.2 Å². The summed E-state index contributed by atoms with van der Waals surface area (Å²) in [5, 5.41) is 9.49. The highest BCUT2D eigenvalue weighted by atomic mass is 19.4. The standard InChI is InChI=1S/C17H13F3O4/c1-23-16-10-11(3-9-15(16)22)2-8-14(21)12-4-6-13(7-5-12)24-17(18,19)20/h2-10,22H,1H3/b8-2+. The lowest BCUT2D eigenvalue weighted by molar-refractivity contribution is -0.274. The number of ketones is 1. The number of carbonyl (C=O) groups excluding carboxylic acids is 1. The Morgan fingerprint density at radius 3 is 2.38 bits per heavy atom. The van der Waals surface area contributed by atoms with Gasteiger partial charge in [-0.25, -0.2) is 0 Å². The van der Waals surface area contributed by atoms with Gasteiger partial charge in [-0.2, -0.15) is 0 Å². The second-order valence-corrected chi connectivity index (χ2v) is 4.70. The molecule has 7 heteroatoms. The first-order valence-corrected chi connectivity index (χ1v) is 6.74. The van der Waals surface area contributed by atoms with Crippen LogP contribution < -0.4 is 9.47 Å². The minimum Gasteiger partial charge on any atom is -0.504 e. The largest absolute Gasteiger partial charge is 0.573 e. The molecule has 2 rings (SSSR count). The zero-order chi connectivity index (χ0) is 17.7. The van der Waals surface area contributed by atoms with Gasteiger partial charge < -0.3 is 14.6 Å². The van der Waals surface area contributed by atoms with Crippen LogP contribution in [-0.4, -0.2) is 24.4 Å². The topological polar surface area (TPSA) is 55.8 Å². The maximum Gasteiger partial charge on any atom is 0.573 e. The van der Waals surface area contributed by atoms with E-state index in [0.29, 0.717) is 5.56 Å². The highest BCUT2D eigenvalue weighted by Crippen LogP contribution is 2.27. The average Bonchev–Trinajstić information content (AvgIpc) is 2.53. The molecule has 0 heterocycles. The molecule has 0 radical (unpaired) electrons. The smallest absolute Gasteiger partial charge is 0.504 e. The molecule has 4 nitrogen and oxygen atoms in total. The van der Waals surface area contributed by atoms with Gasteiger partial charge in [0, 0.05) is 5.56 Å². The van der Waals surface area contributed by atoms with Gasteiger partial charge >= 0.3 is 6.36 Å². The van der Waals surface area contributed by atoms with Crippen molar-refractivity contribution in [1.29, 1.82) is 0 Å². The first kappa shape index (κ1) is 17.4. The van der Waals surface area contributed by atoms with Crippen LogP contribution in [0.2, 0.25) is 0 Å². The Balaban J connectivity index is 2.09. The summed E-state index contributed by atoms with van der Waals surface area (Å²) in [6, 6.07) is 9.17. The molecule has 0 aromatic heterocycles. The van der Waals surface area contributed by atoms with Crippen LogP contribution in [-0.2, 0) is 0 Å². The van der Waals surface area contributed by atoms with Crippen LogP contribution in [0.3, 0.4) is 0 Å². The number of hydrogen-bond donors (Lipinski definition) is 1. The SMILES string of the molecule is COc1cc(/C=C/C(=O)c2ccc(OC(F)(F)F)cc2)ccc1O.